The Kier molecular flexibility index (Phi) is 9.81. The van der Waals surface area contributed by atoms with Crippen LogP contribution >= 0.6 is 0 Å². The van der Waals surface area contributed by atoms with Crippen LogP contribution < -0.4 is 0 Å². The lowest BCUT2D eigenvalue weighted by Crippen LogP contribution is -2.36. The van der Waals surface area contributed by atoms with Gasteiger partial charge in [0.2, 0.25) is 0 Å². The third-order valence-electron chi connectivity index (χ3n) is 4.79. The largest absolute Gasteiger partial charge is 0.197 e. The zero-order chi connectivity index (χ0) is 16.2. The van der Waals surface area contributed by atoms with Gasteiger partial charge in [0.1, 0.15) is 5.41 Å². The van der Waals surface area contributed by atoms with Crippen molar-refractivity contribution in [1.82, 2.24) is 0 Å². The summed E-state index contributed by atoms with van der Waals surface area (Å²) in [4.78, 5) is 0. The Morgan fingerprint density at radius 2 is 1.29 bits per heavy atom. The lowest BCUT2D eigenvalue weighted by Gasteiger charge is -2.38. The topological polar surface area (TPSA) is 47.6 Å². The molecule has 0 unspecified atom stereocenters. The van der Waals surface area contributed by atoms with Gasteiger partial charge in [-0.2, -0.15) is 10.5 Å². The molecule has 0 bridgehead atoms. The first-order valence-electron chi connectivity index (χ1n) is 8.52. The molecule has 0 aromatic carbocycles. The molecule has 118 valence electrons. The van der Waals surface area contributed by atoms with E-state index in [9.17, 15) is 10.5 Å². The molecule has 0 aliphatic heterocycles. The highest BCUT2D eigenvalue weighted by Crippen LogP contribution is 2.48. The van der Waals surface area contributed by atoms with Crippen LogP contribution in [0.3, 0.4) is 0 Å². The van der Waals surface area contributed by atoms with Gasteiger partial charge >= 0.3 is 0 Å². The van der Waals surface area contributed by atoms with Crippen LogP contribution in [-0.4, -0.2) is 0 Å². The zero-order valence-electron chi connectivity index (χ0n) is 14.2. The second kappa shape index (κ2) is 10.4. The molecule has 0 spiro atoms. The predicted molar refractivity (Wildman–Crippen MR) is 89.5 cm³/mol. The van der Waals surface area contributed by atoms with Crippen molar-refractivity contribution >= 4 is 0 Å². The molecule has 21 heavy (non-hydrogen) atoms. The number of allylic oxidation sites excluding steroid dienone is 1. The van der Waals surface area contributed by atoms with Gasteiger partial charge in [-0.3, -0.25) is 0 Å². The van der Waals surface area contributed by atoms with Crippen molar-refractivity contribution in [3.63, 3.8) is 0 Å². The number of hydrogen-bond donors (Lipinski definition) is 0. The minimum atomic E-state index is -0.965. The number of rotatable bonds is 12. The van der Waals surface area contributed by atoms with E-state index in [1.165, 1.54) is 38.5 Å². The molecule has 2 heteroatoms. The van der Waals surface area contributed by atoms with Gasteiger partial charge in [0.25, 0.3) is 0 Å². The van der Waals surface area contributed by atoms with E-state index >= 15 is 0 Å². The average Bonchev–Trinajstić information content (AvgIpc) is 2.52. The molecule has 0 aromatic rings. The van der Waals surface area contributed by atoms with Gasteiger partial charge in [0.05, 0.1) is 12.1 Å². The summed E-state index contributed by atoms with van der Waals surface area (Å²) in [6.45, 7) is 10.2. The average molecular weight is 288 g/mol. The first-order chi connectivity index (χ1) is 10.1. The van der Waals surface area contributed by atoms with Crippen LogP contribution in [-0.2, 0) is 0 Å². The molecule has 0 fully saturated rings. The van der Waals surface area contributed by atoms with Crippen molar-refractivity contribution < 1.29 is 0 Å². The maximum absolute atomic E-state index is 9.54. The van der Waals surface area contributed by atoms with Crippen molar-refractivity contribution in [3.8, 4) is 12.1 Å². The summed E-state index contributed by atoms with van der Waals surface area (Å²) >= 11 is 0. The smallest absolute Gasteiger partial charge is 0.150 e. The van der Waals surface area contributed by atoms with Gasteiger partial charge in [-0.15, -0.1) is 6.58 Å². The van der Waals surface area contributed by atoms with E-state index in [0.717, 1.165) is 25.7 Å². The molecule has 2 nitrogen and oxygen atoms in total. The second-order valence-electron chi connectivity index (χ2n) is 6.33. The molecule has 0 saturated carbocycles. The highest BCUT2D eigenvalue weighted by atomic mass is 14.5. The third kappa shape index (κ3) is 5.55. The highest BCUT2D eigenvalue weighted by Gasteiger charge is 2.46. The van der Waals surface area contributed by atoms with Gasteiger partial charge in [-0.05, 0) is 19.8 Å². The van der Waals surface area contributed by atoms with Crippen LogP contribution in [0.5, 0.6) is 0 Å². The summed E-state index contributed by atoms with van der Waals surface area (Å²) in [5.41, 5.74) is -1.33. The Morgan fingerprint density at radius 1 is 0.857 bits per heavy atom. The van der Waals surface area contributed by atoms with E-state index in [0.29, 0.717) is 0 Å². The highest BCUT2D eigenvalue weighted by molar-refractivity contribution is 5.23. The number of nitriles is 2. The van der Waals surface area contributed by atoms with E-state index in [4.69, 9.17) is 0 Å². The van der Waals surface area contributed by atoms with Crippen molar-refractivity contribution in [3.05, 3.63) is 12.7 Å². The Labute approximate surface area is 131 Å². The van der Waals surface area contributed by atoms with E-state index in [2.05, 4.69) is 32.6 Å². The zero-order valence-corrected chi connectivity index (χ0v) is 14.2. The minimum absolute atomic E-state index is 0.363. The molecule has 0 aliphatic rings. The standard InChI is InChI=1S/C19H32N2/c1-5-8-10-12-14-19(7-3,15-13-11-9-6-2)18(4,16-20)17-21/h7H,3,5-6,8-15H2,1-2,4H3. The molecule has 0 atom stereocenters. The molecule has 0 saturated heterocycles. The van der Waals surface area contributed by atoms with Crippen LogP contribution in [0.4, 0.5) is 0 Å². The number of nitrogens with zero attached hydrogens (tertiary/aromatic N) is 2. The van der Waals surface area contributed by atoms with E-state index in [1.807, 2.05) is 6.08 Å². The van der Waals surface area contributed by atoms with Gasteiger partial charge < -0.3 is 0 Å². The van der Waals surface area contributed by atoms with Crippen molar-refractivity contribution in [2.45, 2.75) is 85.0 Å². The fourth-order valence-corrected chi connectivity index (χ4v) is 3.02. The lowest BCUT2D eigenvalue weighted by molar-refractivity contribution is 0.181. The lowest BCUT2D eigenvalue weighted by atomic mass is 9.61. The van der Waals surface area contributed by atoms with Crippen LogP contribution in [0.2, 0.25) is 0 Å². The number of hydrogen-bond acceptors (Lipinski definition) is 2. The summed E-state index contributed by atoms with van der Waals surface area (Å²) in [5, 5.41) is 19.1. The third-order valence-corrected chi connectivity index (χ3v) is 4.79. The molecule has 0 N–H and O–H groups in total. The van der Waals surface area contributed by atoms with Crippen LogP contribution in [0, 0.1) is 33.5 Å². The van der Waals surface area contributed by atoms with Crippen molar-refractivity contribution in [2.75, 3.05) is 0 Å². The monoisotopic (exact) mass is 288 g/mol. The molecule has 0 heterocycles. The Bertz CT molecular complexity index is 344. The Hall–Kier alpha value is -1.28. The van der Waals surface area contributed by atoms with Gasteiger partial charge in [0.15, 0.2) is 0 Å². The molecule has 0 aliphatic carbocycles. The van der Waals surface area contributed by atoms with Crippen LogP contribution in [0.15, 0.2) is 12.7 Å². The van der Waals surface area contributed by atoms with E-state index in [1.54, 1.807) is 6.92 Å². The first-order valence-corrected chi connectivity index (χ1v) is 8.52. The normalized spacial score (nSPS) is 11.7. The first kappa shape index (κ1) is 19.7. The summed E-state index contributed by atoms with van der Waals surface area (Å²) in [6.07, 6.45) is 13.0. The van der Waals surface area contributed by atoms with Gasteiger partial charge in [-0.25, -0.2) is 0 Å². The van der Waals surface area contributed by atoms with Crippen LogP contribution in [0.25, 0.3) is 0 Å². The maximum atomic E-state index is 9.54. The molecule has 0 radical (unpaired) electrons. The van der Waals surface area contributed by atoms with Crippen molar-refractivity contribution in [2.24, 2.45) is 10.8 Å². The molecule has 0 amide bonds. The fraction of sp³-hybridized carbons (Fsp3) is 0.789. The quantitative estimate of drug-likeness (QED) is 0.319. The summed E-state index contributed by atoms with van der Waals surface area (Å²) in [7, 11) is 0. The molecule has 0 rings (SSSR count). The SMILES string of the molecule is C=CC(CCCCCC)(CCCCCC)C(C)(C#N)C#N. The predicted octanol–water partition coefficient (Wildman–Crippen LogP) is 6.15. The van der Waals surface area contributed by atoms with Crippen molar-refractivity contribution in [1.29, 1.82) is 10.5 Å². The van der Waals surface area contributed by atoms with Crippen LogP contribution in [0.1, 0.15) is 85.0 Å². The summed E-state index contributed by atoms with van der Waals surface area (Å²) < 4.78 is 0. The molecular weight excluding hydrogens is 256 g/mol. The second-order valence-corrected chi connectivity index (χ2v) is 6.33. The minimum Gasteiger partial charge on any atom is -0.197 e. The van der Waals surface area contributed by atoms with E-state index < -0.39 is 5.41 Å². The Balaban J connectivity index is 4.98. The Morgan fingerprint density at radius 3 is 1.57 bits per heavy atom. The summed E-state index contributed by atoms with van der Waals surface area (Å²) in [6, 6.07) is 4.54. The summed E-state index contributed by atoms with van der Waals surface area (Å²) in [5.74, 6) is 0. The van der Waals surface area contributed by atoms with Gasteiger partial charge in [0, 0.05) is 5.41 Å². The van der Waals surface area contributed by atoms with Gasteiger partial charge in [-0.1, -0.05) is 71.3 Å². The number of unbranched alkanes of at least 4 members (excludes halogenated alkanes) is 6. The van der Waals surface area contributed by atoms with E-state index in [-0.39, 0.29) is 5.41 Å². The maximum Gasteiger partial charge on any atom is 0.150 e. The molecule has 0 aromatic heterocycles. The molecular formula is C19H32N2. The fourth-order valence-electron chi connectivity index (χ4n) is 3.02.